The van der Waals surface area contributed by atoms with E-state index in [2.05, 4.69) is 36.6 Å². The van der Waals surface area contributed by atoms with Crippen molar-refractivity contribution in [2.45, 2.75) is 39.3 Å². The fourth-order valence-corrected chi connectivity index (χ4v) is 2.21. The van der Waals surface area contributed by atoms with Crippen LogP contribution >= 0.6 is 0 Å². The highest BCUT2D eigenvalue weighted by molar-refractivity contribution is 4.94. The van der Waals surface area contributed by atoms with Gasteiger partial charge in [0.05, 0.1) is 12.1 Å². The van der Waals surface area contributed by atoms with E-state index in [9.17, 15) is 0 Å². The van der Waals surface area contributed by atoms with E-state index in [-0.39, 0.29) is 6.04 Å². The first-order chi connectivity index (χ1) is 6.72. The molecule has 0 N–H and O–H groups in total. The second-order valence-electron chi connectivity index (χ2n) is 4.03. The average Bonchev–Trinajstić information content (AvgIpc) is 2.20. The maximum atomic E-state index is 8.98. The second-order valence-corrected chi connectivity index (χ2v) is 4.03. The maximum Gasteiger partial charge on any atom is 0.0976 e. The van der Waals surface area contributed by atoms with Gasteiger partial charge in [0.2, 0.25) is 0 Å². The van der Waals surface area contributed by atoms with Crippen LogP contribution in [0.4, 0.5) is 0 Å². The van der Waals surface area contributed by atoms with Crippen LogP contribution in [-0.4, -0.2) is 48.1 Å². The van der Waals surface area contributed by atoms with Crippen LogP contribution < -0.4 is 0 Å². The molecular formula is C11H21N3. The van der Waals surface area contributed by atoms with E-state index in [4.69, 9.17) is 5.26 Å². The molecule has 1 aliphatic rings. The van der Waals surface area contributed by atoms with E-state index in [0.29, 0.717) is 6.04 Å². The third-order valence-electron chi connectivity index (χ3n) is 3.18. The van der Waals surface area contributed by atoms with Crippen molar-refractivity contribution >= 4 is 0 Å². The summed E-state index contributed by atoms with van der Waals surface area (Å²) in [5.41, 5.74) is 0. The quantitative estimate of drug-likeness (QED) is 0.680. The molecule has 0 aromatic carbocycles. The molecule has 0 aliphatic carbocycles. The molecule has 14 heavy (non-hydrogen) atoms. The van der Waals surface area contributed by atoms with Gasteiger partial charge in [-0.1, -0.05) is 13.8 Å². The summed E-state index contributed by atoms with van der Waals surface area (Å²) in [4.78, 5) is 4.79. The molecule has 1 heterocycles. The Hall–Kier alpha value is -0.590. The summed E-state index contributed by atoms with van der Waals surface area (Å²) < 4.78 is 0. The lowest BCUT2D eigenvalue weighted by atomic mass is 10.1. The molecule has 0 aromatic rings. The van der Waals surface area contributed by atoms with Gasteiger partial charge in [0.1, 0.15) is 0 Å². The molecule has 1 aliphatic heterocycles. The Balaban J connectivity index is 2.50. The monoisotopic (exact) mass is 195 g/mol. The number of likely N-dealkylation sites (N-methyl/N-ethyl adjacent to an activating group) is 1. The van der Waals surface area contributed by atoms with Gasteiger partial charge in [0.25, 0.3) is 0 Å². The van der Waals surface area contributed by atoms with Gasteiger partial charge in [-0.15, -0.1) is 0 Å². The van der Waals surface area contributed by atoms with Gasteiger partial charge in [-0.05, 0) is 19.9 Å². The molecule has 0 spiro atoms. The highest BCUT2D eigenvalue weighted by Gasteiger charge is 2.26. The van der Waals surface area contributed by atoms with Crippen molar-refractivity contribution < 1.29 is 0 Å². The molecule has 0 saturated carbocycles. The van der Waals surface area contributed by atoms with Crippen molar-refractivity contribution in [2.24, 2.45) is 0 Å². The molecule has 3 heteroatoms. The summed E-state index contributed by atoms with van der Waals surface area (Å²) in [7, 11) is 0. The van der Waals surface area contributed by atoms with Crippen LogP contribution in [0.3, 0.4) is 0 Å². The highest BCUT2D eigenvalue weighted by atomic mass is 15.3. The molecule has 0 bridgehead atoms. The summed E-state index contributed by atoms with van der Waals surface area (Å²) >= 11 is 0. The number of nitrogens with zero attached hydrogens (tertiary/aromatic N) is 3. The zero-order chi connectivity index (χ0) is 10.6. The first kappa shape index (κ1) is 11.5. The molecule has 80 valence electrons. The number of nitriles is 1. The van der Waals surface area contributed by atoms with Gasteiger partial charge in [-0.2, -0.15) is 5.26 Å². The lowest BCUT2D eigenvalue weighted by Crippen LogP contribution is -2.54. The average molecular weight is 195 g/mol. The summed E-state index contributed by atoms with van der Waals surface area (Å²) in [5, 5.41) is 8.98. The van der Waals surface area contributed by atoms with Crippen LogP contribution in [0, 0.1) is 11.3 Å². The van der Waals surface area contributed by atoms with Gasteiger partial charge in [-0.25, -0.2) is 0 Å². The van der Waals surface area contributed by atoms with E-state index in [1.807, 2.05) is 0 Å². The van der Waals surface area contributed by atoms with Crippen LogP contribution in [-0.2, 0) is 0 Å². The van der Waals surface area contributed by atoms with Crippen molar-refractivity contribution in [1.29, 1.82) is 5.26 Å². The molecule has 0 radical (unpaired) electrons. The van der Waals surface area contributed by atoms with Gasteiger partial charge < -0.3 is 0 Å². The Labute approximate surface area is 87.3 Å². The molecule has 0 amide bonds. The van der Waals surface area contributed by atoms with Crippen molar-refractivity contribution in [1.82, 2.24) is 9.80 Å². The Morgan fingerprint density at radius 3 is 2.57 bits per heavy atom. The van der Waals surface area contributed by atoms with Gasteiger partial charge in [0, 0.05) is 25.7 Å². The summed E-state index contributed by atoms with van der Waals surface area (Å²) in [6.45, 7) is 10.9. The zero-order valence-corrected chi connectivity index (χ0v) is 9.53. The van der Waals surface area contributed by atoms with E-state index < -0.39 is 0 Å². The normalized spacial score (nSPS) is 27.1. The third kappa shape index (κ3) is 2.46. The fraction of sp³-hybridized carbons (Fsp3) is 0.909. The molecule has 1 rings (SSSR count). The van der Waals surface area contributed by atoms with Gasteiger partial charge in [0.15, 0.2) is 0 Å². The van der Waals surface area contributed by atoms with Crippen molar-refractivity contribution in [2.75, 3.05) is 26.2 Å². The molecule has 1 saturated heterocycles. The summed E-state index contributed by atoms with van der Waals surface area (Å²) in [5.74, 6) is 0. The smallest absolute Gasteiger partial charge is 0.0976 e. The van der Waals surface area contributed by atoms with Crippen LogP contribution in [0.5, 0.6) is 0 Å². The highest BCUT2D eigenvalue weighted by Crippen LogP contribution is 2.13. The third-order valence-corrected chi connectivity index (χ3v) is 3.18. The Bertz CT molecular complexity index is 209. The number of hydrogen-bond acceptors (Lipinski definition) is 3. The van der Waals surface area contributed by atoms with Crippen LogP contribution in [0.1, 0.15) is 27.2 Å². The molecule has 0 aromatic heterocycles. The zero-order valence-electron chi connectivity index (χ0n) is 9.53. The van der Waals surface area contributed by atoms with Crippen LogP contribution in [0.15, 0.2) is 0 Å². The Morgan fingerprint density at radius 1 is 1.43 bits per heavy atom. The van der Waals surface area contributed by atoms with Crippen molar-refractivity contribution in [3.8, 4) is 6.07 Å². The molecule has 2 atom stereocenters. The summed E-state index contributed by atoms with van der Waals surface area (Å²) in [6, 6.07) is 3.10. The lowest BCUT2D eigenvalue weighted by molar-refractivity contribution is 0.0722. The van der Waals surface area contributed by atoms with E-state index in [1.54, 1.807) is 0 Å². The summed E-state index contributed by atoms with van der Waals surface area (Å²) in [6.07, 6.45) is 0.940. The maximum absolute atomic E-state index is 8.98. The molecule has 3 nitrogen and oxygen atoms in total. The lowest BCUT2D eigenvalue weighted by Gasteiger charge is -2.40. The van der Waals surface area contributed by atoms with Crippen molar-refractivity contribution in [3.63, 3.8) is 0 Å². The van der Waals surface area contributed by atoms with E-state index >= 15 is 0 Å². The molecular weight excluding hydrogens is 174 g/mol. The minimum atomic E-state index is 0.122. The van der Waals surface area contributed by atoms with Crippen LogP contribution in [0.2, 0.25) is 0 Å². The largest absolute Gasteiger partial charge is 0.298 e. The number of piperazine rings is 1. The molecule has 2 unspecified atom stereocenters. The predicted molar refractivity (Wildman–Crippen MR) is 58.0 cm³/mol. The van der Waals surface area contributed by atoms with Gasteiger partial charge in [-0.3, -0.25) is 9.80 Å². The van der Waals surface area contributed by atoms with Crippen molar-refractivity contribution in [3.05, 3.63) is 0 Å². The Kier molecular flexibility index (Phi) is 4.37. The first-order valence-electron chi connectivity index (χ1n) is 5.60. The fourth-order valence-electron chi connectivity index (χ4n) is 2.21. The first-order valence-corrected chi connectivity index (χ1v) is 5.60. The number of hydrogen-bond donors (Lipinski definition) is 0. The topological polar surface area (TPSA) is 30.3 Å². The van der Waals surface area contributed by atoms with E-state index in [1.165, 1.54) is 0 Å². The minimum Gasteiger partial charge on any atom is -0.298 e. The Morgan fingerprint density at radius 2 is 2.14 bits per heavy atom. The van der Waals surface area contributed by atoms with Gasteiger partial charge >= 0.3 is 0 Å². The SMILES string of the molecule is CCC(C#N)N1CCN(CC)C(C)C1. The molecule has 1 fully saturated rings. The predicted octanol–water partition coefficient (Wildman–Crippen LogP) is 1.31. The van der Waals surface area contributed by atoms with Crippen LogP contribution in [0.25, 0.3) is 0 Å². The minimum absolute atomic E-state index is 0.122. The van der Waals surface area contributed by atoms with E-state index in [0.717, 1.165) is 32.6 Å². The standard InChI is InChI=1S/C11H21N3/c1-4-11(8-12)14-7-6-13(5-2)10(3)9-14/h10-11H,4-7,9H2,1-3H3. The second kappa shape index (κ2) is 5.33. The number of rotatable bonds is 3.